The van der Waals surface area contributed by atoms with Gasteiger partial charge >= 0.3 is 0 Å². The van der Waals surface area contributed by atoms with Gasteiger partial charge in [-0.05, 0) is 35.9 Å². The van der Waals surface area contributed by atoms with Crippen molar-refractivity contribution in [3.8, 4) is 0 Å². The Bertz CT molecular complexity index is 463. The molecule has 3 N–H and O–H groups in total. The van der Waals surface area contributed by atoms with E-state index in [0.29, 0.717) is 0 Å². The Kier molecular flexibility index (Phi) is 2.86. The third-order valence-electron chi connectivity index (χ3n) is 2.73. The second-order valence-corrected chi connectivity index (χ2v) is 3.92. The third-order valence-corrected chi connectivity index (χ3v) is 2.73. The summed E-state index contributed by atoms with van der Waals surface area (Å²) < 4.78 is 0. The molecule has 0 amide bonds. The highest BCUT2D eigenvalue weighted by molar-refractivity contribution is 5.89. The number of benzene rings is 1. The summed E-state index contributed by atoms with van der Waals surface area (Å²) >= 11 is 0. The van der Waals surface area contributed by atoms with Crippen molar-refractivity contribution < 1.29 is 4.98 Å². The molecule has 2 aromatic rings. The Morgan fingerprint density at radius 2 is 2.13 bits per heavy atom. The molecule has 2 heteroatoms. The van der Waals surface area contributed by atoms with Gasteiger partial charge in [0.05, 0.1) is 11.6 Å². The molecule has 2 nitrogen and oxygen atoms in total. The van der Waals surface area contributed by atoms with E-state index in [1.54, 1.807) is 0 Å². The average Bonchev–Trinajstić information content (AvgIpc) is 2.26. The van der Waals surface area contributed by atoms with Crippen molar-refractivity contribution in [2.24, 2.45) is 0 Å². The van der Waals surface area contributed by atoms with Crippen molar-refractivity contribution in [1.29, 1.82) is 0 Å². The molecule has 0 atom stereocenters. The number of aryl methyl sites for hydroxylation is 1. The summed E-state index contributed by atoms with van der Waals surface area (Å²) in [7, 11) is 0. The lowest BCUT2D eigenvalue weighted by atomic mass is 10.0. The van der Waals surface area contributed by atoms with Gasteiger partial charge in [0.2, 0.25) is 0 Å². The van der Waals surface area contributed by atoms with E-state index in [0.717, 1.165) is 17.6 Å². The second kappa shape index (κ2) is 4.30. The van der Waals surface area contributed by atoms with E-state index in [1.165, 1.54) is 23.8 Å². The molecular weight excluding hydrogens is 184 g/mol. The smallest absolute Gasteiger partial charge is 0.278 e. The van der Waals surface area contributed by atoms with E-state index in [1.807, 2.05) is 6.20 Å². The normalized spacial score (nSPS) is 10.7. The minimum atomic E-state index is 0.745. The van der Waals surface area contributed by atoms with E-state index in [9.17, 15) is 0 Å². The summed E-state index contributed by atoms with van der Waals surface area (Å²) in [6.07, 6.45) is 5.54. The quantitative estimate of drug-likeness (QED) is 0.814. The first-order valence-electron chi connectivity index (χ1n) is 5.50. The van der Waals surface area contributed by atoms with Crippen LogP contribution in [0.5, 0.6) is 0 Å². The monoisotopic (exact) mass is 201 g/mol. The van der Waals surface area contributed by atoms with E-state index < -0.39 is 0 Å². The number of hydrogen-bond acceptors (Lipinski definition) is 1. The van der Waals surface area contributed by atoms with Crippen LogP contribution in [0.15, 0.2) is 30.5 Å². The second-order valence-electron chi connectivity index (χ2n) is 3.92. The van der Waals surface area contributed by atoms with Gasteiger partial charge in [0.1, 0.15) is 0 Å². The molecule has 0 aliphatic rings. The predicted molar refractivity (Wildman–Crippen MR) is 63.5 cm³/mol. The molecule has 0 bridgehead atoms. The molecule has 1 aromatic carbocycles. The maximum absolute atomic E-state index is 5.85. The zero-order valence-electron chi connectivity index (χ0n) is 9.09. The highest BCUT2D eigenvalue weighted by atomic mass is 14.8. The molecule has 0 fully saturated rings. The van der Waals surface area contributed by atoms with E-state index in [-0.39, 0.29) is 0 Å². The molecule has 78 valence electrons. The van der Waals surface area contributed by atoms with E-state index >= 15 is 0 Å². The lowest BCUT2D eigenvalue weighted by molar-refractivity contribution is -0.358. The number of aromatic amines is 1. The van der Waals surface area contributed by atoms with Gasteiger partial charge in [-0.3, -0.25) is 5.73 Å². The number of pyridine rings is 1. The Labute approximate surface area is 90.1 Å². The maximum atomic E-state index is 5.85. The standard InChI is InChI=1S/C13H16N2/c1-2-3-4-10-5-6-12-11(9-10)7-8-15-13(12)14/h5-9H,2-4H2,1H3,(H2,14,15)/p+1. The SMILES string of the molecule is CCCCc1ccc2c(N)[nH+]ccc2c1. The largest absolute Gasteiger partial charge is 0.287 e. The van der Waals surface area contributed by atoms with Crippen LogP contribution in [0.2, 0.25) is 0 Å². The van der Waals surface area contributed by atoms with Gasteiger partial charge in [0.15, 0.2) is 0 Å². The van der Waals surface area contributed by atoms with Crippen LogP contribution >= 0.6 is 0 Å². The minimum absolute atomic E-state index is 0.745. The topological polar surface area (TPSA) is 40.2 Å². The van der Waals surface area contributed by atoms with Crippen molar-refractivity contribution >= 4 is 16.6 Å². The molecule has 2 rings (SSSR count). The number of anilines is 1. The van der Waals surface area contributed by atoms with Crippen LogP contribution in [0.1, 0.15) is 25.3 Å². The minimum Gasteiger partial charge on any atom is -0.287 e. The average molecular weight is 201 g/mol. The summed E-state index contributed by atoms with van der Waals surface area (Å²) in [5, 5.41) is 2.33. The molecule has 0 aliphatic carbocycles. The summed E-state index contributed by atoms with van der Waals surface area (Å²) in [6, 6.07) is 8.57. The number of rotatable bonds is 3. The molecule has 1 heterocycles. The third kappa shape index (κ3) is 2.09. The predicted octanol–water partition coefficient (Wildman–Crippen LogP) is 2.58. The Morgan fingerprint density at radius 3 is 2.93 bits per heavy atom. The van der Waals surface area contributed by atoms with Crippen molar-refractivity contribution in [2.75, 3.05) is 5.73 Å². The van der Waals surface area contributed by atoms with E-state index in [4.69, 9.17) is 5.73 Å². The van der Waals surface area contributed by atoms with E-state index in [2.05, 4.69) is 36.2 Å². The number of unbranched alkanes of at least 4 members (excludes halogenated alkanes) is 1. The van der Waals surface area contributed by atoms with Crippen LogP contribution in [0.4, 0.5) is 5.82 Å². The van der Waals surface area contributed by atoms with Crippen molar-refractivity contribution in [3.63, 3.8) is 0 Å². The lowest BCUT2D eigenvalue weighted by Crippen LogP contribution is -2.08. The summed E-state index contributed by atoms with van der Waals surface area (Å²) in [5.74, 6) is 0.745. The molecule has 0 spiro atoms. The summed E-state index contributed by atoms with van der Waals surface area (Å²) in [6.45, 7) is 2.22. The number of hydrogen-bond donors (Lipinski definition) is 1. The van der Waals surface area contributed by atoms with Gasteiger partial charge in [0, 0.05) is 0 Å². The number of nitrogens with one attached hydrogen (secondary N) is 1. The molecule has 0 saturated heterocycles. The van der Waals surface area contributed by atoms with Gasteiger partial charge < -0.3 is 0 Å². The Hall–Kier alpha value is -1.57. The number of H-pyrrole nitrogens is 1. The first kappa shape index (κ1) is 9.97. The summed E-state index contributed by atoms with van der Waals surface area (Å²) in [5.41, 5.74) is 7.25. The molecular formula is C13H17N2+. The van der Waals surface area contributed by atoms with Crippen LogP contribution in [-0.4, -0.2) is 0 Å². The van der Waals surface area contributed by atoms with Crippen molar-refractivity contribution in [3.05, 3.63) is 36.0 Å². The Morgan fingerprint density at radius 1 is 1.27 bits per heavy atom. The van der Waals surface area contributed by atoms with Crippen LogP contribution in [-0.2, 0) is 6.42 Å². The fraction of sp³-hybridized carbons (Fsp3) is 0.308. The molecule has 0 saturated carbocycles. The van der Waals surface area contributed by atoms with Gasteiger partial charge in [-0.2, -0.15) is 0 Å². The number of nitrogen functional groups attached to an aromatic ring is 1. The van der Waals surface area contributed by atoms with Crippen molar-refractivity contribution in [2.45, 2.75) is 26.2 Å². The highest BCUT2D eigenvalue weighted by Gasteiger charge is 2.03. The van der Waals surface area contributed by atoms with Gasteiger partial charge in [-0.15, -0.1) is 0 Å². The van der Waals surface area contributed by atoms with Gasteiger partial charge in [-0.1, -0.05) is 25.5 Å². The zero-order chi connectivity index (χ0) is 10.7. The first-order valence-corrected chi connectivity index (χ1v) is 5.50. The zero-order valence-corrected chi connectivity index (χ0v) is 9.09. The Balaban J connectivity index is 2.39. The summed E-state index contributed by atoms with van der Waals surface area (Å²) in [4.78, 5) is 3.01. The molecule has 1 aromatic heterocycles. The highest BCUT2D eigenvalue weighted by Crippen LogP contribution is 2.19. The maximum Gasteiger partial charge on any atom is 0.278 e. The van der Waals surface area contributed by atoms with Gasteiger partial charge in [-0.25, -0.2) is 4.98 Å². The van der Waals surface area contributed by atoms with Crippen molar-refractivity contribution in [1.82, 2.24) is 0 Å². The fourth-order valence-electron chi connectivity index (χ4n) is 1.83. The molecule has 15 heavy (non-hydrogen) atoms. The number of nitrogens with two attached hydrogens (primary N) is 1. The van der Waals surface area contributed by atoms with Crippen LogP contribution < -0.4 is 10.7 Å². The van der Waals surface area contributed by atoms with Gasteiger partial charge in [0.25, 0.3) is 5.82 Å². The molecule has 0 aliphatic heterocycles. The number of aromatic nitrogens is 1. The number of fused-ring (bicyclic) bond motifs is 1. The molecule has 0 radical (unpaired) electrons. The first-order chi connectivity index (χ1) is 7.31. The van der Waals surface area contributed by atoms with Crippen LogP contribution in [0, 0.1) is 0 Å². The van der Waals surface area contributed by atoms with Crippen LogP contribution in [0.3, 0.4) is 0 Å². The van der Waals surface area contributed by atoms with Crippen LogP contribution in [0.25, 0.3) is 10.8 Å². The lowest BCUT2D eigenvalue weighted by Gasteiger charge is -2.02. The fourth-order valence-corrected chi connectivity index (χ4v) is 1.83. The molecule has 0 unspecified atom stereocenters.